The first-order chi connectivity index (χ1) is 24.0. The number of allylic oxidation sites excluding steroid dienone is 2. The van der Waals surface area contributed by atoms with E-state index < -0.39 is 0 Å². The maximum Gasteiger partial charge on any atom is 0.137 e. The van der Waals surface area contributed by atoms with Gasteiger partial charge in [-0.25, -0.2) is 9.67 Å². The van der Waals surface area contributed by atoms with Gasteiger partial charge < -0.3 is 4.74 Å². The van der Waals surface area contributed by atoms with Crippen molar-refractivity contribution >= 4 is 21.8 Å². The summed E-state index contributed by atoms with van der Waals surface area (Å²) >= 11 is 0. The van der Waals surface area contributed by atoms with Gasteiger partial charge >= 0.3 is 0 Å². The summed E-state index contributed by atoms with van der Waals surface area (Å²) in [6.07, 6.45) is 8.89. The zero-order chi connectivity index (χ0) is 35.3. The van der Waals surface area contributed by atoms with Crippen molar-refractivity contribution in [2.75, 3.05) is 0 Å². The molecule has 258 valence electrons. The van der Waals surface area contributed by atoms with Crippen molar-refractivity contribution in [3.8, 4) is 23.0 Å². The molecule has 0 bridgehead atoms. The highest BCUT2D eigenvalue weighted by Gasteiger charge is 2.34. The zero-order valence-corrected chi connectivity index (χ0v) is 31.3. The van der Waals surface area contributed by atoms with Crippen molar-refractivity contribution in [1.82, 2.24) is 19.3 Å². The first-order valence-corrected chi connectivity index (χ1v) is 18.6. The van der Waals surface area contributed by atoms with Gasteiger partial charge in [-0.1, -0.05) is 84.7 Å². The molecule has 3 aromatic heterocycles. The topological polar surface area (TPSA) is 44.9 Å². The number of aromatic nitrogens is 4. The van der Waals surface area contributed by atoms with Crippen molar-refractivity contribution in [2.24, 2.45) is 11.8 Å². The molecule has 0 N–H and O–H groups in total. The number of rotatable bonds is 8. The Balaban J connectivity index is 1.33. The Morgan fingerprint density at radius 3 is 2.36 bits per heavy atom. The Bertz CT molecular complexity index is 2230. The third-order valence-corrected chi connectivity index (χ3v) is 11.0. The lowest BCUT2D eigenvalue weighted by Crippen LogP contribution is -2.23. The summed E-state index contributed by atoms with van der Waals surface area (Å²) in [7, 11) is 0. The molecule has 0 saturated heterocycles. The van der Waals surface area contributed by atoms with Crippen molar-refractivity contribution in [3.63, 3.8) is 0 Å². The predicted molar refractivity (Wildman–Crippen MR) is 208 cm³/mol. The van der Waals surface area contributed by atoms with Crippen LogP contribution in [0.25, 0.3) is 33.3 Å². The van der Waals surface area contributed by atoms with Gasteiger partial charge in [-0.2, -0.15) is 5.10 Å². The zero-order valence-electron chi connectivity index (χ0n) is 31.3. The second-order valence-corrected chi connectivity index (χ2v) is 15.4. The Morgan fingerprint density at radius 1 is 0.840 bits per heavy atom. The van der Waals surface area contributed by atoms with E-state index >= 15 is 0 Å². The van der Waals surface area contributed by atoms with Gasteiger partial charge in [-0.3, -0.25) is 4.57 Å². The third kappa shape index (κ3) is 6.05. The first-order valence-electron chi connectivity index (χ1n) is 18.6. The number of fused-ring (bicyclic) bond motifs is 3. The number of hydrogen-bond acceptors (Lipinski definition) is 3. The molecule has 3 atom stereocenters. The molecule has 5 heteroatoms. The molecule has 0 aliphatic heterocycles. The summed E-state index contributed by atoms with van der Waals surface area (Å²) in [5.74, 6) is 4.19. The summed E-state index contributed by atoms with van der Waals surface area (Å²) in [5.41, 5.74) is 11.0. The molecule has 1 unspecified atom stereocenters. The Morgan fingerprint density at radius 2 is 1.62 bits per heavy atom. The Kier molecular flexibility index (Phi) is 8.96. The first kappa shape index (κ1) is 33.8. The van der Waals surface area contributed by atoms with Crippen LogP contribution in [0.3, 0.4) is 0 Å². The standard InChI is InChI=1S/C45H52N4O/c1-10-31-19-20-46-42(23-31)48-40-16-14-13-15-38(40)39-18-17-36(27-41(39)48)50-37-25-34(45(7,8)9)24-35(26-37)49-30(6)43(29(5)47-49)44-32(11-2)21-28(4)22-33(44)12-3/h13-21,23-28,33,44H,10-12,22H2,1-9H3/t28-,33-,44?/m0/s1. The van der Waals surface area contributed by atoms with E-state index in [-0.39, 0.29) is 5.41 Å². The van der Waals surface area contributed by atoms with E-state index in [1.807, 2.05) is 6.20 Å². The molecule has 6 aromatic rings. The molecule has 0 spiro atoms. The summed E-state index contributed by atoms with van der Waals surface area (Å²) in [5, 5.41) is 7.61. The second-order valence-electron chi connectivity index (χ2n) is 15.4. The quantitative estimate of drug-likeness (QED) is 0.152. The summed E-state index contributed by atoms with van der Waals surface area (Å²) in [6.45, 7) is 20.5. The number of aryl methyl sites for hydroxylation is 2. The van der Waals surface area contributed by atoms with Crippen LogP contribution in [0, 0.1) is 25.7 Å². The monoisotopic (exact) mass is 664 g/mol. The minimum Gasteiger partial charge on any atom is -0.457 e. The molecule has 0 saturated carbocycles. The molecule has 1 aliphatic rings. The number of para-hydroxylation sites is 1. The molecule has 7 rings (SSSR count). The SMILES string of the molecule is CCC1=C[C@H](C)C[C@H](CC)C1c1c(C)nn(-c2cc(Oc3ccc4c5ccccc5n(-c5cc(CC)ccn5)c4c3)cc(C(C)(C)C)c2)c1C. The maximum absolute atomic E-state index is 6.81. The summed E-state index contributed by atoms with van der Waals surface area (Å²) in [4.78, 5) is 4.81. The number of ether oxygens (including phenoxy) is 1. The molecule has 5 nitrogen and oxygen atoms in total. The van der Waals surface area contributed by atoms with E-state index in [2.05, 4.69) is 150 Å². The smallest absolute Gasteiger partial charge is 0.137 e. The van der Waals surface area contributed by atoms with Gasteiger partial charge in [0.05, 0.1) is 22.4 Å². The largest absolute Gasteiger partial charge is 0.457 e. The fraction of sp³-hybridized carbons (Fsp3) is 0.378. The van der Waals surface area contributed by atoms with E-state index in [1.54, 1.807) is 5.57 Å². The summed E-state index contributed by atoms with van der Waals surface area (Å²) < 4.78 is 11.2. The van der Waals surface area contributed by atoms with E-state index in [0.717, 1.165) is 52.6 Å². The molecule has 3 heterocycles. The molecule has 50 heavy (non-hydrogen) atoms. The van der Waals surface area contributed by atoms with Gasteiger partial charge in [0.15, 0.2) is 0 Å². The van der Waals surface area contributed by atoms with Crippen LogP contribution in [0.15, 0.2) is 90.6 Å². The van der Waals surface area contributed by atoms with Crippen LogP contribution >= 0.6 is 0 Å². The third-order valence-electron chi connectivity index (χ3n) is 11.0. The van der Waals surface area contributed by atoms with Gasteiger partial charge in [0, 0.05) is 46.3 Å². The van der Waals surface area contributed by atoms with Crippen molar-refractivity contribution < 1.29 is 4.74 Å². The van der Waals surface area contributed by atoms with Crippen LogP contribution in [0.5, 0.6) is 11.5 Å². The number of nitrogens with zero attached hydrogens (tertiary/aromatic N) is 4. The van der Waals surface area contributed by atoms with Crippen LogP contribution in [0.1, 0.15) is 102 Å². The van der Waals surface area contributed by atoms with Crippen molar-refractivity contribution in [1.29, 1.82) is 0 Å². The van der Waals surface area contributed by atoms with Gasteiger partial charge in [0.2, 0.25) is 0 Å². The molecular formula is C45H52N4O. The fourth-order valence-corrected chi connectivity index (χ4v) is 8.37. The van der Waals surface area contributed by atoms with Crippen LogP contribution in [0.4, 0.5) is 0 Å². The van der Waals surface area contributed by atoms with E-state index in [0.29, 0.717) is 17.8 Å². The lowest BCUT2D eigenvalue weighted by atomic mass is 9.69. The van der Waals surface area contributed by atoms with E-state index in [4.69, 9.17) is 14.8 Å². The van der Waals surface area contributed by atoms with Crippen LogP contribution < -0.4 is 4.74 Å². The molecule has 0 amide bonds. The van der Waals surface area contributed by atoms with Crippen molar-refractivity contribution in [2.45, 2.75) is 99.3 Å². The van der Waals surface area contributed by atoms with E-state index in [9.17, 15) is 0 Å². The highest BCUT2D eigenvalue weighted by Crippen LogP contribution is 2.46. The molecule has 3 aromatic carbocycles. The fourth-order valence-electron chi connectivity index (χ4n) is 8.37. The van der Waals surface area contributed by atoms with Gasteiger partial charge in [-0.05, 0) is 104 Å². The Hall–Kier alpha value is -4.64. The highest BCUT2D eigenvalue weighted by molar-refractivity contribution is 6.09. The van der Waals surface area contributed by atoms with Crippen LogP contribution in [-0.2, 0) is 11.8 Å². The average Bonchev–Trinajstić information content (AvgIpc) is 3.59. The molecule has 0 fully saturated rings. The lowest BCUT2D eigenvalue weighted by molar-refractivity contribution is 0.347. The normalized spacial score (nSPS) is 18.2. The minimum absolute atomic E-state index is 0.0790. The maximum atomic E-state index is 6.81. The predicted octanol–water partition coefficient (Wildman–Crippen LogP) is 12.1. The number of pyridine rings is 1. The molecule has 0 radical (unpaired) electrons. The average molecular weight is 665 g/mol. The molecular weight excluding hydrogens is 613 g/mol. The van der Waals surface area contributed by atoms with Gasteiger partial charge in [-0.15, -0.1) is 0 Å². The summed E-state index contributed by atoms with van der Waals surface area (Å²) in [6, 6.07) is 25.9. The van der Waals surface area contributed by atoms with E-state index in [1.165, 1.54) is 46.0 Å². The van der Waals surface area contributed by atoms with Crippen molar-refractivity contribution in [3.05, 3.63) is 119 Å². The lowest BCUT2D eigenvalue weighted by Gasteiger charge is -2.35. The second kappa shape index (κ2) is 13.2. The Labute approximate surface area is 298 Å². The highest BCUT2D eigenvalue weighted by atomic mass is 16.5. The van der Waals surface area contributed by atoms with Gasteiger partial charge in [0.1, 0.15) is 17.3 Å². The van der Waals surface area contributed by atoms with Crippen LogP contribution in [-0.4, -0.2) is 19.3 Å². The van der Waals surface area contributed by atoms with Crippen LogP contribution in [0.2, 0.25) is 0 Å². The number of benzene rings is 3. The van der Waals surface area contributed by atoms with Gasteiger partial charge in [0.25, 0.3) is 0 Å². The minimum atomic E-state index is -0.0790. The number of hydrogen-bond donors (Lipinski definition) is 0. The molecule has 1 aliphatic carbocycles.